The number of rotatable bonds is 6. The van der Waals surface area contributed by atoms with Crippen LogP contribution >= 0.6 is 11.3 Å². The van der Waals surface area contributed by atoms with E-state index in [1.165, 1.54) is 27.1 Å². The van der Waals surface area contributed by atoms with E-state index >= 15 is 0 Å². The molecule has 2 rings (SSSR count). The Morgan fingerprint density at radius 2 is 1.74 bits per heavy atom. The fourth-order valence-electron chi connectivity index (χ4n) is 2.27. The van der Waals surface area contributed by atoms with Crippen molar-refractivity contribution in [1.29, 1.82) is 0 Å². The minimum atomic E-state index is 1.12. The summed E-state index contributed by atoms with van der Waals surface area (Å²) in [5.74, 6) is 0. The fourth-order valence-corrected chi connectivity index (χ4v) is 3.09. The minimum Gasteiger partial charge on any atom is -0.148 e. The van der Waals surface area contributed by atoms with Gasteiger partial charge in [-0.2, -0.15) is 0 Å². The molecule has 0 fully saturated rings. The molecular formula is C22H22S. The fraction of sp³-hybridized carbons (Fsp3) is 0.0909. The number of aryl methyl sites for hydroxylation is 2. The Hall–Kier alpha value is -2.38. The zero-order valence-corrected chi connectivity index (χ0v) is 14.6. The van der Waals surface area contributed by atoms with Crippen LogP contribution in [0, 0.1) is 13.8 Å². The zero-order valence-electron chi connectivity index (χ0n) is 13.8. The summed E-state index contributed by atoms with van der Waals surface area (Å²) in [6.45, 7) is 11.9. The molecule has 0 bridgehead atoms. The molecule has 0 spiro atoms. The van der Waals surface area contributed by atoms with Gasteiger partial charge in [-0.1, -0.05) is 85.5 Å². The van der Waals surface area contributed by atoms with E-state index in [1.54, 1.807) is 17.4 Å². The van der Waals surface area contributed by atoms with E-state index in [0.717, 1.165) is 5.57 Å². The van der Waals surface area contributed by atoms with Gasteiger partial charge in [0.05, 0.1) is 0 Å². The molecule has 0 aliphatic rings. The van der Waals surface area contributed by atoms with Crippen molar-refractivity contribution < 1.29 is 0 Å². The molecule has 0 nitrogen and oxygen atoms in total. The van der Waals surface area contributed by atoms with Crippen molar-refractivity contribution >= 4 is 29.1 Å². The number of hydrogen-bond donors (Lipinski definition) is 0. The van der Waals surface area contributed by atoms with Gasteiger partial charge in [-0.3, -0.25) is 0 Å². The number of allylic oxidation sites excluding steroid dienone is 6. The van der Waals surface area contributed by atoms with Gasteiger partial charge in [-0.15, -0.1) is 11.3 Å². The SMILES string of the molecule is C=C/C=C\c1c(/C=C/C=C(\C=C)c2ccc(C)cc2)csc1C. The molecule has 0 radical (unpaired) electrons. The second-order valence-corrected chi connectivity index (χ2v) is 6.39. The number of thiophene rings is 1. The lowest BCUT2D eigenvalue weighted by Gasteiger charge is -2.02. The summed E-state index contributed by atoms with van der Waals surface area (Å²) in [4.78, 5) is 1.31. The Kier molecular flexibility index (Phi) is 6.13. The van der Waals surface area contributed by atoms with E-state index in [0.29, 0.717) is 0 Å². The molecule has 1 aromatic carbocycles. The van der Waals surface area contributed by atoms with Crippen molar-refractivity contribution in [3.05, 3.63) is 100 Å². The van der Waals surface area contributed by atoms with Crippen LogP contribution in [0.3, 0.4) is 0 Å². The lowest BCUT2D eigenvalue weighted by Crippen LogP contribution is -1.80. The van der Waals surface area contributed by atoms with Gasteiger partial charge in [-0.25, -0.2) is 0 Å². The molecule has 0 atom stereocenters. The molecule has 0 amide bonds. The van der Waals surface area contributed by atoms with Crippen LogP contribution in [0.5, 0.6) is 0 Å². The predicted octanol–water partition coefficient (Wildman–Crippen LogP) is 6.85. The largest absolute Gasteiger partial charge is 0.148 e. The predicted molar refractivity (Wildman–Crippen MR) is 107 cm³/mol. The Bertz CT molecular complexity index is 765. The van der Waals surface area contributed by atoms with Crippen LogP contribution in [0.1, 0.15) is 27.1 Å². The summed E-state index contributed by atoms with van der Waals surface area (Å²) < 4.78 is 0. The average molecular weight is 318 g/mol. The van der Waals surface area contributed by atoms with Crippen molar-refractivity contribution in [2.45, 2.75) is 13.8 Å². The van der Waals surface area contributed by atoms with Gasteiger partial charge in [0.15, 0.2) is 0 Å². The molecule has 0 aliphatic heterocycles. The van der Waals surface area contributed by atoms with Crippen LogP contribution in [-0.2, 0) is 0 Å². The molecule has 1 aromatic heterocycles. The summed E-state index contributed by atoms with van der Waals surface area (Å²) in [6, 6.07) is 8.50. The van der Waals surface area contributed by atoms with Gasteiger partial charge >= 0.3 is 0 Å². The first kappa shape index (κ1) is 17.0. The molecule has 0 aliphatic carbocycles. The molecule has 116 valence electrons. The molecule has 1 heteroatoms. The standard InChI is InChI=1S/C22H22S/c1-5-7-11-22-18(4)23-16-21(22)10-8-9-19(6-2)20-14-12-17(3)13-15-20/h5-16H,1-2H2,3-4H3/b10-8+,11-7-,19-9+. The monoisotopic (exact) mass is 318 g/mol. The maximum absolute atomic E-state index is 3.93. The van der Waals surface area contributed by atoms with E-state index in [1.807, 2.05) is 12.2 Å². The second kappa shape index (κ2) is 8.30. The highest BCUT2D eigenvalue weighted by atomic mass is 32.1. The number of hydrogen-bond acceptors (Lipinski definition) is 1. The molecule has 2 aromatic rings. The smallest absolute Gasteiger partial charge is 0.00927 e. The molecule has 0 N–H and O–H groups in total. The first-order valence-electron chi connectivity index (χ1n) is 7.60. The van der Waals surface area contributed by atoms with Gasteiger partial charge in [0.1, 0.15) is 0 Å². The van der Waals surface area contributed by atoms with E-state index in [-0.39, 0.29) is 0 Å². The Morgan fingerprint density at radius 1 is 1.00 bits per heavy atom. The Balaban J connectivity index is 2.25. The minimum absolute atomic E-state index is 1.12. The second-order valence-electron chi connectivity index (χ2n) is 5.31. The highest BCUT2D eigenvalue weighted by molar-refractivity contribution is 7.10. The van der Waals surface area contributed by atoms with Crippen molar-refractivity contribution in [3.63, 3.8) is 0 Å². The van der Waals surface area contributed by atoms with E-state index < -0.39 is 0 Å². The first-order chi connectivity index (χ1) is 11.2. The topological polar surface area (TPSA) is 0 Å². The van der Waals surface area contributed by atoms with Crippen molar-refractivity contribution in [2.24, 2.45) is 0 Å². The summed E-state index contributed by atoms with van der Waals surface area (Å²) in [7, 11) is 0. The molecule has 0 saturated carbocycles. The summed E-state index contributed by atoms with van der Waals surface area (Å²) >= 11 is 1.77. The van der Waals surface area contributed by atoms with E-state index in [4.69, 9.17) is 0 Å². The summed E-state index contributed by atoms with van der Waals surface area (Å²) in [6.07, 6.45) is 14.1. The highest BCUT2D eigenvalue weighted by Crippen LogP contribution is 2.25. The highest BCUT2D eigenvalue weighted by Gasteiger charge is 2.02. The van der Waals surface area contributed by atoms with Crippen LogP contribution in [0.25, 0.3) is 17.7 Å². The lowest BCUT2D eigenvalue weighted by atomic mass is 10.0. The quantitative estimate of drug-likeness (QED) is 0.511. The van der Waals surface area contributed by atoms with E-state index in [2.05, 4.69) is 81.0 Å². The normalized spacial score (nSPS) is 12.2. The van der Waals surface area contributed by atoms with Gasteiger partial charge in [0, 0.05) is 4.88 Å². The maximum atomic E-state index is 3.93. The zero-order chi connectivity index (χ0) is 16.7. The van der Waals surface area contributed by atoms with Crippen molar-refractivity contribution in [3.8, 4) is 0 Å². The molecule has 1 heterocycles. The molecule has 23 heavy (non-hydrogen) atoms. The third-order valence-corrected chi connectivity index (χ3v) is 4.55. The van der Waals surface area contributed by atoms with Gasteiger partial charge in [0.25, 0.3) is 0 Å². The van der Waals surface area contributed by atoms with Crippen LogP contribution in [0.4, 0.5) is 0 Å². The third-order valence-electron chi connectivity index (χ3n) is 3.61. The number of benzene rings is 1. The average Bonchev–Trinajstić information content (AvgIpc) is 2.91. The summed E-state index contributed by atoms with van der Waals surface area (Å²) in [5.41, 5.74) is 6.06. The lowest BCUT2D eigenvalue weighted by molar-refractivity contribution is 1.45. The summed E-state index contributed by atoms with van der Waals surface area (Å²) in [5, 5.41) is 2.18. The first-order valence-corrected chi connectivity index (χ1v) is 8.48. The Morgan fingerprint density at radius 3 is 2.39 bits per heavy atom. The van der Waals surface area contributed by atoms with Crippen LogP contribution in [0.15, 0.2) is 73.2 Å². The Labute approximate surface area is 143 Å². The van der Waals surface area contributed by atoms with Crippen LogP contribution in [0.2, 0.25) is 0 Å². The van der Waals surface area contributed by atoms with E-state index in [9.17, 15) is 0 Å². The van der Waals surface area contributed by atoms with Crippen LogP contribution < -0.4 is 0 Å². The van der Waals surface area contributed by atoms with Crippen LogP contribution in [-0.4, -0.2) is 0 Å². The molecular weight excluding hydrogens is 296 g/mol. The molecule has 0 unspecified atom stereocenters. The van der Waals surface area contributed by atoms with Gasteiger partial charge < -0.3 is 0 Å². The maximum Gasteiger partial charge on any atom is 0.00927 e. The molecule has 0 saturated heterocycles. The van der Waals surface area contributed by atoms with Gasteiger partial charge in [0.2, 0.25) is 0 Å². The van der Waals surface area contributed by atoms with Gasteiger partial charge in [-0.05, 0) is 41.5 Å². The third kappa shape index (κ3) is 4.54. The van der Waals surface area contributed by atoms with Crippen molar-refractivity contribution in [2.75, 3.05) is 0 Å². The van der Waals surface area contributed by atoms with Crippen molar-refractivity contribution in [1.82, 2.24) is 0 Å².